The van der Waals surface area contributed by atoms with Crippen LogP contribution in [0.15, 0.2) is 11.6 Å². The number of hydrogen-bond donors (Lipinski definition) is 0. The van der Waals surface area contributed by atoms with Gasteiger partial charge in [0.1, 0.15) is 0 Å². The Labute approximate surface area is 99.5 Å². The SMILES string of the molecule is CB1OCC(CCC2CC=C(C)CC2)CO1. The molecule has 1 unspecified atom stereocenters. The Kier molecular flexibility index (Phi) is 4.48. The fourth-order valence-corrected chi connectivity index (χ4v) is 2.56. The highest BCUT2D eigenvalue weighted by Gasteiger charge is 2.23. The zero-order valence-corrected chi connectivity index (χ0v) is 10.6. The van der Waals surface area contributed by atoms with Gasteiger partial charge in [-0.1, -0.05) is 11.6 Å². The van der Waals surface area contributed by atoms with Gasteiger partial charge in [0, 0.05) is 19.1 Å². The van der Waals surface area contributed by atoms with Crippen molar-refractivity contribution < 1.29 is 9.31 Å². The highest BCUT2D eigenvalue weighted by atomic mass is 16.6. The van der Waals surface area contributed by atoms with Crippen molar-refractivity contribution in [1.29, 1.82) is 0 Å². The second kappa shape index (κ2) is 5.88. The highest BCUT2D eigenvalue weighted by molar-refractivity contribution is 6.42. The number of allylic oxidation sites excluding steroid dienone is 2. The molecule has 90 valence electrons. The molecule has 1 fully saturated rings. The lowest BCUT2D eigenvalue weighted by Gasteiger charge is -2.27. The first-order valence-electron chi connectivity index (χ1n) is 6.63. The van der Waals surface area contributed by atoms with Gasteiger partial charge in [0.15, 0.2) is 0 Å². The van der Waals surface area contributed by atoms with Crippen LogP contribution in [0.25, 0.3) is 0 Å². The van der Waals surface area contributed by atoms with Crippen molar-refractivity contribution in [3.63, 3.8) is 0 Å². The Morgan fingerprint density at radius 2 is 1.94 bits per heavy atom. The van der Waals surface area contributed by atoms with Crippen LogP contribution in [0, 0.1) is 11.8 Å². The molecule has 1 heterocycles. The van der Waals surface area contributed by atoms with Crippen molar-refractivity contribution in [2.75, 3.05) is 13.2 Å². The van der Waals surface area contributed by atoms with E-state index in [1.165, 1.54) is 32.1 Å². The van der Waals surface area contributed by atoms with Crippen molar-refractivity contribution in [2.24, 2.45) is 11.8 Å². The lowest BCUT2D eigenvalue weighted by Crippen LogP contribution is -2.33. The second-order valence-corrected chi connectivity index (χ2v) is 5.37. The molecule has 2 rings (SSSR count). The van der Waals surface area contributed by atoms with E-state index in [1.807, 2.05) is 6.82 Å². The van der Waals surface area contributed by atoms with Crippen LogP contribution in [0.2, 0.25) is 6.82 Å². The summed E-state index contributed by atoms with van der Waals surface area (Å²) in [6.45, 7) is 6.01. The maximum atomic E-state index is 5.51. The molecule has 0 saturated carbocycles. The molecule has 0 amide bonds. The summed E-state index contributed by atoms with van der Waals surface area (Å²) in [7, 11) is 0.0107. The van der Waals surface area contributed by atoms with Crippen molar-refractivity contribution in [3.8, 4) is 0 Å². The molecule has 0 aromatic heterocycles. The maximum absolute atomic E-state index is 5.51. The summed E-state index contributed by atoms with van der Waals surface area (Å²) in [6, 6.07) is 0. The van der Waals surface area contributed by atoms with Gasteiger partial charge in [-0.25, -0.2) is 0 Å². The molecule has 2 nitrogen and oxygen atoms in total. The van der Waals surface area contributed by atoms with Gasteiger partial charge in [-0.15, -0.1) is 0 Å². The van der Waals surface area contributed by atoms with Gasteiger partial charge in [0.05, 0.1) is 0 Å². The maximum Gasteiger partial charge on any atom is 0.453 e. The minimum Gasteiger partial charge on any atom is -0.411 e. The summed E-state index contributed by atoms with van der Waals surface area (Å²) in [5, 5.41) is 0. The van der Waals surface area contributed by atoms with E-state index in [0.29, 0.717) is 5.92 Å². The molecule has 1 aliphatic heterocycles. The smallest absolute Gasteiger partial charge is 0.411 e. The summed E-state index contributed by atoms with van der Waals surface area (Å²) in [6.07, 6.45) is 9.01. The van der Waals surface area contributed by atoms with Crippen molar-refractivity contribution in [2.45, 2.75) is 45.9 Å². The Bertz CT molecular complexity index is 244. The first-order chi connectivity index (χ1) is 7.74. The van der Waals surface area contributed by atoms with Gasteiger partial charge in [-0.2, -0.15) is 0 Å². The molecule has 0 aromatic rings. The molecule has 2 aliphatic rings. The van der Waals surface area contributed by atoms with E-state index in [4.69, 9.17) is 9.31 Å². The zero-order chi connectivity index (χ0) is 11.4. The quantitative estimate of drug-likeness (QED) is 0.538. The molecular weight excluding hydrogens is 199 g/mol. The highest BCUT2D eigenvalue weighted by Crippen LogP contribution is 2.28. The summed E-state index contributed by atoms with van der Waals surface area (Å²) < 4.78 is 11.0. The Morgan fingerprint density at radius 3 is 2.56 bits per heavy atom. The standard InChI is InChI=1S/C13H23BO2/c1-11-3-5-12(6-4-11)7-8-13-9-15-14(2)16-10-13/h3,12-13H,4-10H2,1-2H3. The van der Waals surface area contributed by atoms with Crippen LogP contribution in [0.3, 0.4) is 0 Å². The summed E-state index contributed by atoms with van der Waals surface area (Å²) in [5.74, 6) is 1.53. The molecule has 1 atom stereocenters. The largest absolute Gasteiger partial charge is 0.453 e. The fourth-order valence-electron chi connectivity index (χ4n) is 2.56. The molecular formula is C13H23BO2. The fraction of sp³-hybridized carbons (Fsp3) is 0.846. The van der Waals surface area contributed by atoms with Crippen LogP contribution >= 0.6 is 0 Å². The lowest BCUT2D eigenvalue weighted by atomic mass is 9.84. The molecule has 0 bridgehead atoms. The van der Waals surface area contributed by atoms with Crippen molar-refractivity contribution in [3.05, 3.63) is 11.6 Å². The molecule has 16 heavy (non-hydrogen) atoms. The van der Waals surface area contributed by atoms with Crippen LogP contribution in [-0.4, -0.2) is 20.3 Å². The molecule has 1 saturated heterocycles. The van der Waals surface area contributed by atoms with Gasteiger partial charge in [0.2, 0.25) is 0 Å². The first kappa shape index (κ1) is 12.2. The van der Waals surface area contributed by atoms with E-state index in [2.05, 4.69) is 13.0 Å². The summed E-state index contributed by atoms with van der Waals surface area (Å²) in [4.78, 5) is 0. The normalized spacial score (nSPS) is 28.0. The molecule has 0 aromatic carbocycles. The summed E-state index contributed by atoms with van der Waals surface area (Å²) >= 11 is 0. The molecule has 0 N–H and O–H groups in total. The van der Waals surface area contributed by atoms with Crippen LogP contribution in [0.5, 0.6) is 0 Å². The van der Waals surface area contributed by atoms with E-state index >= 15 is 0 Å². The van der Waals surface area contributed by atoms with Gasteiger partial charge in [-0.3, -0.25) is 0 Å². The second-order valence-electron chi connectivity index (χ2n) is 5.37. The van der Waals surface area contributed by atoms with Gasteiger partial charge in [0.25, 0.3) is 0 Å². The van der Waals surface area contributed by atoms with Crippen LogP contribution in [0.4, 0.5) is 0 Å². The van der Waals surface area contributed by atoms with E-state index in [1.54, 1.807) is 5.57 Å². The third kappa shape index (κ3) is 3.64. The monoisotopic (exact) mass is 222 g/mol. The van der Waals surface area contributed by atoms with Crippen LogP contribution in [-0.2, 0) is 9.31 Å². The van der Waals surface area contributed by atoms with Crippen LogP contribution in [0.1, 0.15) is 39.0 Å². The van der Waals surface area contributed by atoms with Crippen LogP contribution < -0.4 is 0 Å². The van der Waals surface area contributed by atoms with Crippen molar-refractivity contribution >= 4 is 7.12 Å². The van der Waals surface area contributed by atoms with E-state index < -0.39 is 0 Å². The third-order valence-electron chi connectivity index (χ3n) is 3.86. The molecule has 1 aliphatic carbocycles. The topological polar surface area (TPSA) is 18.5 Å². The minimum atomic E-state index is 0.0107. The number of rotatable bonds is 3. The van der Waals surface area contributed by atoms with Crippen molar-refractivity contribution in [1.82, 2.24) is 0 Å². The average Bonchev–Trinajstić information content (AvgIpc) is 2.30. The Hall–Kier alpha value is -0.275. The van der Waals surface area contributed by atoms with E-state index in [-0.39, 0.29) is 7.12 Å². The van der Waals surface area contributed by atoms with E-state index in [0.717, 1.165) is 19.1 Å². The Balaban J connectivity index is 1.64. The summed E-state index contributed by atoms with van der Waals surface area (Å²) in [5.41, 5.74) is 1.58. The average molecular weight is 222 g/mol. The van der Waals surface area contributed by atoms with E-state index in [9.17, 15) is 0 Å². The molecule has 0 radical (unpaired) electrons. The molecule has 0 spiro atoms. The Morgan fingerprint density at radius 1 is 1.25 bits per heavy atom. The predicted molar refractivity (Wildman–Crippen MR) is 67.3 cm³/mol. The lowest BCUT2D eigenvalue weighted by molar-refractivity contribution is 0.0748. The molecule has 3 heteroatoms. The zero-order valence-electron chi connectivity index (χ0n) is 10.6. The minimum absolute atomic E-state index is 0.0107. The third-order valence-corrected chi connectivity index (χ3v) is 3.86. The van der Waals surface area contributed by atoms with Gasteiger partial charge >= 0.3 is 7.12 Å². The van der Waals surface area contributed by atoms with Gasteiger partial charge in [-0.05, 0) is 51.8 Å². The first-order valence-corrected chi connectivity index (χ1v) is 6.63. The number of hydrogen-bond acceptors (Lipinski definition) is 2. The van der Waals surface area contributed by atoms with Gasteiger partial charge < -0.3 is 9.31 Å². The predicted octanol–water partition coefficient (Wildman–Crippen LogP) is 3.29.